The van der Waals surface area contributed by atoms with Crippen LogP contribution in [0.2, 0.25) is 0 Å². The minimum absolute atomic E-state index is 0.0296. The number of hydrogen-bond acceptors (Lipinski definition) is 3. The molecular weight excluding hydrogens is 338 g/mol. The lowest BCUT2D eigenvalue weighted by molar-refractivity contribution is -0.121. The summed E-state index contributed by atoms with van der Waals surface area (Å²) in [4.78, 5) is 20.0. The number of rotatable bonds is 5. The average molecular weight is 365 g/mol. The fourth-order valence-electron chi connectivity index (χ4n) is 3.93. The maximum absolute atomic E-state index is 12.1. The molecule has 2 aromatic heterocycles. The summed E-state index contributed by atoms with van der Waals surface area (Å²) in [5.74, 6) is 1.50. The van der Waals surface area contributed by atoms with Crippen LogP contribution in [0.1, 0.15) is 60.6 Å². The maximum atomic E-state index is 12.1. The number of nitrogens with zero attached hydrogens (tertiary/aromatic N) is 2. The van der Waals surface area contributed by atoms with E-state index in [4.69, 9.17) is 0 Å². The van der Waals surface area contributed by atoms with Crippen molar-refractivity contribution in [2.24, 2.45) is 0 Å². The van der Waals surface area contributed by atoms with Crippen molar-refractivity contribution in [3.63, 3.8) is 0 Å². The minimum atomic E-state index is 0.0296. The van der Waals surface area contributed by atoms with Crippen molar-refractivity contribution >= 4 is 16.8 Å². The lowest BCUT2D eigenvalue weighted by Gasteiger charge is -2.10. The number of aromatic nitrogens is 4. The molecule has 0 spiro atoms. The van der Waals surface area contributed by atoms with Crippen LogP contribution in [0.4, 0.5) is 0 Å². The third kappa shape index (κ3) is 4.21. The molecule has 0 saturated heterocycles. The molecule has 3 N–H and O–H groups in total. The number of hydrogen-bond donors (Lipinski definition) is 3. The van der Waals surface area contributed by atoms with Gasteiger partial charge in [-0.3, -0.25) is 9.89 Å². The van der Waals surface area contributed by atoms with E-state index in [1.807, 2.05) is 6.92 Å². The second-order valence-electron chi connectivity index (χ2n) is 7.49. The van der Waals surface area contributed by atoms with Gasteiger partial charge in [-0.2, -0.15) is 5.10 Å². The van der Waals surface area contributed by atoms with Gasteiger partial charge in [0.15, 0.2) is 5.82 Å². The van der Waals surface area contributed by atoms with Gasteiger partial charge in [0.1, 0.15) is 5.82 Å². The number of benzene rings is 1. The number of amides is 1. The molecule has 1 amide bonds. The minimum Gasteiger partial charge on any atom is -0.358 e. The van der Waals surface area contributed by atoms with E-state index in [0.29, 0.717) is 25.2 Å². The van der Waals surface area contributed by atoms with Crippen molar-refractivity contribution in [3.8, 4) is 0 Å². The molecule has 1 aliphatic carbocycles. The molecule has 2 heterocycles. The molecule has 1 aromatic carbocycles. The van der Waals surface area contributed by atoms with Crippen molar-refractivity contribution in [2.75, 3.05) is 0 Å². The summed E-state index contributed by atoms with van der Waals surface area (Å²) in [5, 5.41) is 11.2. The topological polar surface area (TPSA) is 86.5 Å². The third-order valence-corrected chi connectivity index (χ3v) is 5.37. The van der Waals surface area contributed by atoms with Crippen molar-refractivity contribution in [3.05, 3.63) is 46.7 Å². The highest BCUT2D eigenvalue weighted by molar-refractivity contribution is 5.85. The second-order valence-corrected chi connectivity index (χ2v) is 7.49. The van der Waals surface area contributed by atoms with E-state index in [1.165, 1.54) is 47.8 Å². The fraction of sp³-hybridized carbons (Fsp3) is 0.476. The van der Waals surface area contributed by atoms with Gasteiger partial charge in [-0.25, -0.2) is 4.98 Å². The van der Waals surface area contributed by atoms with Gasteiger partial charge in [-0.1, -0.05) is 18.9 Å². The summed E-state index contributed by atoms with van der Waals surface area (Å²) in [6, 6.07) is 6.49. The molecule has 1 aliphatic rings. The molecule has 6 nitrogen and oxygen atoms in total. The molecule has 0 radical (unpaired) electrons. The summed E-state index contributed by atoms with van der Waals surface area (Å²) in [5.41, 5.74) is 5.26. The first kappa shape index (κ1) is 17.8. The Kier molecular flexibility index (Phi) is 5.23. The van der Waals surface area contributed by atoms with Crippen LogP contribution in [0.5, 0.6) is 0 Å². The molecule has 0 saturated carbocycles. The van der Waals surface area contributed by atoms with E-state index in [-0.39, 0.29) is 5.91 Å². The smallest absolute Gasteiger partial charge is 0.220 e. The van der Waals surface area contributed by atoms with Gasteiger partial charge < -0.3 is 10.3 Å². The predicted molar refractivity (Wildman–Crippen MR) is 105 cm³/mol. The van der Waals surface area contributed by atoms with Gasteiger partial charge in [0.05, 0.1) is 0 Å². The Hall–Kier alpha value is -2.63. The Balaban J connectivity index is 1.39. The van der Waals surface area contributed by atoms with Crippen LogP contribution in [-0.2, 0) is 30.6 Å². The van der Waals surface area contributed by atoms with Crippen LogP contribution in [0.15, 0.2) is 18.2 Å². The zero-order chi connectivity index (χ0) is 18.6. The second kappa shape index (κ2) is 7.94. The monoisotopic (exact) mass is 365 g/mol. The molecule has 0 atom stereocenters. The van der Waals surface area contributed by atoms with E-state index in [1.54, 1.807) is 0 Å². The number of carbonyl (C=O) groups is 1. The Morgan fingerprint density at radius 1 is 1.19 bits per heavy atom. The van der Waals surface area contributed by atoms with Gasteiger partial charge >= 0.3 is 0 Å². The van der Waals surface area contributed by atoms with E-state index >= 15 is 0 Å². The fourth-order valence-corrected chi connectivity index (χ4v) is 3.93. The molecule has 142 valence electrons. The third-order valence-electron chi connectivity index (χ3n) is 5.37. The first-order chi connectivity index (χ1) is 13.2. The molecule has 0 bridgehead atoms. The summed E-state index contributed by atoms with van der Waals surface area (Å²) in [6.07, 6.45) is 8.46. The van der Waals surface area contributed by atoms with E-state index in [2.05, 4.69) is 43.7 Å². The summed E-state index contributed by atoms with van der Waals surface area (Å²) < 4.78 is 0. The van der Waals surface area contributed by atoms with E-state index < -0.39 is 0 Å². The summed E-state index contributed by atoms with van der Waals surface area (Å²) >= 11 is 0. The number of H-pyrrole nitrogens is 2. The quantitative estimate of drug-likeness (QED) is 0.647. The first-order valence-electron chi connectivity index (χ1n) is 9.96. The van der Waals surface area contributed by atoms with Crippen LogP contribution in [0.25, 0.3) is 10.9 Å². The van der Waals surface area contributed by atoms with Crippen molar-refractivity contribution in [1.29, 1.82) is 0 Å². The predicted octanol–water partition coefficient (Wildman–Crippen LogP) is 3.50. The highest BCUT2D eigenvalue weighted by atomic mass is 16.1. The molecule has 0 unspecified atom stereocenters. The lowest BCUT2D eigenvalue weighted by Crippen LogP contribution is -2.23. The van der Waals surface area contributed by atoms with Crippen molar-refractivity contribution < 1.29 is 4.79 Å². The van der Waals surface area contributed by atoms with Crippen molar-refractivity contribution in [1.82, 2.24) is 25.5 Å². The first-order valence-corrected chi connectivity index (χ1v) is 9.96. The summed E-state index contributed by atoms with van der Waals surface area (Å²) in [7, 11) is 0. The largest absolute Gasteiger partial charge is 0.358 e. The zero-order valence-electron chi connectivity index (χ0n) is 15.9. The van der Waals surface area contributed by atoms with Gasteiger partial charge in [-0.15, -0.1) is 0 Å². The number of fused-ring (bicyclic) bond motifs is 3. The standard InChI is InChI=1S/C21H27N5O/c1-14-23-20(26-25-14)10-11-21(27)22-13-15-8-9-19-17(12-15)16-6-4-2-3-5-7-18(16)24-19/h8-9,12,24H,2-7,10-11,13H2,1H3,(H,22,27)(H,23,25,26). The number of carbonyl (C=O) groups excluding carboxylic acids is 1. The molecular formula is C21H27N5O. The summed E-state index contributed by atoms with van der Waals surface area (Å²) in [6.45, 7) is 2.41. The van der Waals surface area contributed by atoms with Crippen molar-refractivity contribution in [2.45, 2.75) is 64.8 Å². The van der Waals surface area contributed by atoms with Crippen LogP contribution in [0.3, 0.4) is 0 Å². The van der Waals surface area contributed by atoms with Gasteiger partial charge in [-0.05, 0) is 55.9 Å². The Labute approximate surface area is 159 Å². The molecule has 4 rings (SSSR count). The van der Waals surface area contributed by atoms with E-state index in [9.17, 15) is 4.79 Å². The molecule has 27 heavy (non-hydrogen) atoms. The van der Waals surface area contributed by atoms with Crippen LogP contribution < -0.4 is 5.32 Å². The number of aromatic amines is 2. The Morgan fingerprint density at radius 2 is 2.04 bits per heavy atom. The molecule has 0 fully saturated rings. The highest BCUT2D eigenvalue weighted by Crippen LogP contribution is 2.28. The zero-order valence-corrected chi connectivity index (χ0v) is 15.9. The Bertz CT molecular complexity index is 939. The SMILES string of the molecule is Cc1nc(CCC(=O)NCc2ccc3[nH]c4c(c3c2)CCCCCC4)n[nH]1. The van der Waals surface area contributed by atoms with Gasteiger partial charge in [0.2, 0.25) is 5.91 Å². The van der Waals surface area contributed by atoms with Gasteiger partial charge in [0, 0.05) is 36.0 Å². The highest BCUT2D eigenvalue weighted by Gasteiger charge is 2.14. The van der Waals surface area contributed by atoms with Crippen LogP contribution in [0, 0.1) is 6.92 Å². The van der Waals surface area contributed by atoms with Gasteiger partial charge in [0.25, 0.3) is 0 Å². The van der Waals surface area contributed by atoms with E-state index in [0.717, 1.165) is 24.2 Å². The van der Waals surface area contributed by atoms with Crippen LogP contribution in [-0.4, -0.2) is 26.1 Å². The molecule has 6 heteroatoms. The normalized spacial score (nSPS) is 14.6. The number of aryl methyl sites for hydroxylation is 4. The maximum Gasteiger partial charge on any atom is 0.220 e. The number of nitrogens with one attached hydrogen (secondary N) is 3. The Morgan fingerprint density at radius 3 is 2.85 bits per heavy atom. The van der Waals surface area contributed by atoms with Crippen LogP contribution >= 0.6 is 0 Å². The lowest BCUT2D eigenvalue weighted by atomic mass is 9.96. The molecule has 3 aromatic rings. The average Bonchev–Trinajstić information content (AvgIpc) is 3.21. The molecule has 0 aliphatic heterocycles.